The lowest BCUT2D eigenvalue weighted by Gasteiger charge is -2.35. The monoisotopic (exact) mass is 918 g/mol. The molecule has 352 valence electrons. The Labute approximate surface area is 383 Å². The van der Waals surface area contributed by atoms with Crippen molar-refractivity contribution in [3.63, 3.8) is 0 Å². The average Bonchev–Trinajstić information content (AvgIpc) is 4.05. The second-order valence-corrected chi connectivity index (χ2v) is 18.3. The number of hydrogen-bond donors (Lipinski definition) is 3. The van der Waals surface area contributed by atoms with Crippen LogP contribution >= 0.6 is 11.3 Å². The van der Waals surface area contributed by atoms with Gasteiger partial charge in [0.05, 0.1) is 92.3 Å². The number of hydrogen-bond acceptors (Lipinski definition) is 15. The number of likely N-dealkylation sites (tertiary alicyclic amines) is 2. The van der Waals surface area contributed by atoms with Gasteiger partial charge in [0.15, 0.2) is 5.76 Å². The van der Waals surface area contributed by atoms with Crippen LogP contribution in [0.15, 0.2) is 46.6 Å². The first-order chi connectivity index (χ1) is 31.2. The van der Waals surface area contributed by atoms with Gasteiger partial charge in [0.1, 0.15) is 12.1 Å². The van der Waals surface area contributed by atoms with Gasteiger partial charge in [-0.25, -0.2) is 9.97 Å². The molecule has 0 bridgehead atoms. The predicted molar refractivity (Wildman–Crippen MR) is 241 cm³/mol. The summed E-state index contributed by atoms with van der Waals surface area (Å²) in [5.41, 5.74) is 6.28. The number of carbonyl (C=O) groups is 4. The molecule has 4 amide bonds. The molecule has 4 atom stereocenters. The summed E-state index contributed by atoms with van der Waals surface area (Å²) in [6.07, 6.45) is 2.84. The Bertz CT molecular complexity index is 2210. The van der Waals surface area contributed by atoms with Crippen LogP contribution in [0, 0.1) is 19.3 Å². The fourth-order valence-electron chi connectivity index (χ4n) is 7.93. The minimum Gasteiger partial charge on any atom is -0.467 e. The molecular formula is C46H62N8O10S. The van der Waals surface area contributed by atoms with E-state index in [9.17, 15) is 24.3 Å². The summed E-state index contributed by atoms with van der Waals surface area (Å²) in [4.78, 5) is 71.1. The molecule has 3 N–H and O–H groups in total. The molecule has 18 nitrogen and oxygen atoms in total. The summed E-state index contributed by atoms with van der Waals surface area (Å²) in [6.45, 7) is 12.3. The number of rotatable bonds is 21. The molecule has 19 heteroatoms. The van der Waals surface area contributed by atoms with Crippen LogP contribution in [0.2, 0.25) is 0 Å². The van der Waals surface area contributed by atoms with E-state index in [1.54, 1.807) is 17.5 Å². The maximum atomic E-state index is 13.9. The van der Waals surface area contributed by atoms with Gasteiger partial charge in [-0.1, -0.05) is 50.2 Å². The third-order valence-corrected chi connectivity index (χ3v) is 12.4. The number of aliphatic hydroxyl groups is 1. The second-order valence-electron chi connectivity index (χ2n) is 17.4. The topological polar surface area (TPSA) is 221 Å². The van der Waals surface area contributed by atoms with Crippen molar-refractivity contribution in [3.8, 4) is 27.8 Å². The van der Waals surface area contributed by atoms with Gasteiger partial charge >= 0.3 is 6.01 Å². The van der Waals surface area contributed by atoms with Gasteiger partial charge < -0.3 is 49.0 Å². The molecule has 6 rings (SSSR count). The molecule has 4 aromatic rings. The molecule has 0 saturated carbocycles. The number of piperidine rings is 1. The lowest BCUT2D eigenvalue weighted by molar-refractivity contribution is -0.144. The number of β-amino-alcohol motifs (C(OH)–C–C–N with tert-alkyl or cyclic N) is 1. The fourth-order valence-corrected chi connectivity index (χ4v) is 8.74. The van der Waals surface area contributed by atoms with Gasteiger partial charge in [-0.05, 0) is 43.2 Å². The van der Waals surface area contributed by atoms with E-state index in [-0.39, 0.29) is 88.4 Å². The Kier molecular flexibility index (Phi) is 17.5. The molecule has 65 heavy (non-hydrogen) atoms. The number of aliphatic hydroxyl groups excluding tert-OH is 1. The molecule has 2 fully saturated rings. The van der Waals surface area contributed by atoms with E-state index in [1.807, 2.05) is 75.4 Å². The van der Waals surface area contributed by atoms with E-state index >= 15 is 0 Å². The van der Waals surface area contributed by atoms with Crippen LogP contribution in [0.4, 0.5) is 0 Å². The minimum atomic E-state index is -0.939. The minimum absolute atomic E-state index is 0.00265. The zero-order valence-electron chi connectivity index (χ0n) is 38.2. The number of nitrogens with one attached hydrogen (secondary N) is 2. The summed E-state index contributed by atoms with van der Waals surface area (Å²) in [7, 11) is 1.52. The van der Waals surface area contributed by atoms with Crippen molar-refractivity contribution in [1.82, 2.24) is 40.5 Å². The molecule has 2 aliphatic heterocycles. The van der Waals surface area contributed by atoms with Crippen LogP contribution in [0.1, 0.15) is 81.4 Å². The van der Waals surface area contributed by atoms with Crippen LogP contribution in [-0.4, -0.2) is 143 Å². The smallest absolute Gasteiger partial charge is 0.316 e. The summed E-state index contributed by atoms with van der Waals surface area (Å²) < 4.78 is 27.7. The van der Waals surface area contributed by atoms with E-state index in [4.69, 9.17) is 23.5 Å². The van der Waals surface area contributed by atoms with E-state index in [0.29, 0.717) is 32.1 Å². The lowest BCUT2D eigenvalue weighted by Crippen LogP contribution is -2.57. The Morgan fingerprint density at radius 1 is 0.969 bits per heavy atom. The molecule has 0 radical (unpaired) electrons. The third-order valence-electron chi connectivity index (χ3n) is 11.4. The highest BCUT2D eigenvalue weighted by Crippen LogP contribution is 2.35. The largest absolute Gasteiger partial charge is 0.467 e. The van der Waals surface area contributed by atoms with Crippen molar-refractivity contribution in [3.05, 3.63) is 64.7 Å². The van der Waals surface area contributed by atoms with Gasteiger partial charge in [0.2, 0.25) is 23.6 Å². The molecule has 0 aliphatic carbocycles. The highest BCUT2D eigenvalue weighted by atomic mass is 32.1. The van der Waals surface area contributed by atoms with E-state index < -0.39 is 29.5 Å². The van der Waals surface area contributed by atoms with Gasteiger partial charge in [-0.15, -0.1) is 11.3 Å². The fraction of sp³-hybridized carbons (Fsp3) is 0.565. The van der Waals surface area contributed by atoms with Crippen molar-refractivity contribution in [2.24, 2.45) is 5.41 Å². The van der Waals surface area contributed by atoms with Crippen molar-refractivity contribution >= 4 is 35.0 Å². The van der Waals surface area contributed by atoms with Crippen molar-refractivity contribution in [2.45, 2.75) is 97.4 Å². The molecule has 0 spiro atoms. The number of amides is 4. The van der Waals surface area contributed by atoms with Crippen molar-refractivity contribution in [1.29, 1.82) is 0 Å². The molecule has 1 unspecified atom stereocenters. The van der Waals surface area contributed by atoms with Crippen molar-refractivity contribution < 1.29 is 47.8 Å². The zero-order valence-corrected chi connectivity index (χ0v) is 39.0. The summed E-state index contributed by atoms with van der Waals surface area (Å²) in [6, 6.07) is 8.14. The molecule has 1 aromatic carbocycles. The first-order valence-electron chi connectivity index (χ1n) is 22.1. The number of carbonyl (C=O) groups excluding carboxylic acids is 4. The second kappa shape index (κ2) is 23.2. The Balaban J connectivity index is 0.848. The Hall–Kier alpha value is -5.34. The van der Waals surface area contributed by atoms with E-state index in [0.717, 1.165) is 51.5 Å². The maximum absolute atomic E-state index is 13.9. The predicted octanol–water partition coefficient (Wildman–Crippen LogP) is 4.23. The lowest BCUT2D eigenvalue weighted by atomic mass is 9.85. The SMILES string of the molecule is COc1ncc(-c2cc(C)no2)c(C2CCCN(C(=O)CCOCCOCCOCCC(=O)N[C@H](C(=O)N3C[C@H](O)C[C@H]3C(=O)NCc3ccc(-c4scnc4C)cc3)C(C)(C)C)C2)n1. The molecule has 2 saturated heterocycles. The Morgan fingerprint density at radius 2 is 1.68 bits per heavy atom. The number of ether oxygens (including phenoxy) is 4. The molecule has 2 aliphatic rings. The van der Waals surface area contributed by atoms with Crippen LogP contribution < -0.4 is 15.4 Å². The Morgan fingerprint density at radius 3 is 2.32 bits per heavy atom. The van der Waals surface area contributed by atoms with Gasteiger partial charge in [0, 0.05) is 57.2 Å². The summed E-state index contributed by atoms with van der Waals surface area (Å²) in [5, 5.41) is 20.3. The summed E-state index contributed by atoms with van der Waals surface area (Å²) >= 11 is 1.57. The standard InChI is InChI=1S/C46H62N8O10S/c1-29-22-37(64-52-29)35-25-48-45(60-6)51-40(35)33-8-7-15-53(26-33)39(57)14-17-62-19-21-63-20-18-61-16-13-38(56)50-42(46(3,4)5)44(59)54-27-34(55)23-36(54)43(58)47-24-31-9-11-32(12-10-31)41-30(2)49-28-65-41/h9-12,22,25,28,33-34,36,42,55H,7-8,13-21,23-24,26-27H2,1-6H3,(H,47,58)(H,50,56)/t33?,34-,36+,42-/m1/s1. The van der Waals surface area contributed by atoms with Gasteiger partial charge in [0.25, 0.3) is 0 Å². The van der Waals surface area contributed by atoms with Gasteiger partial charge in [-0.3, -0.25) is 19.2 Å². The quantitative estimate of drug-likeness (QED) is 0.0997. The van der Waals surface area contributed by atoms with Crippen LogP contribution in [-0.2, 0) is 39.9 Å². The molecule has 5 heterocycles. The first-order valence-corrected chi connectivity index (χ1v) is 23.0. The highest BCUT2D eigenvalue weighted by Gasteiger charge is 2.44. The average molecular weight is 919 g/mol. The van der Waals surface area contributed by atoms with Crippen molar-refractivity contribution in [2.75, 3.05) is 66.4 Å². The van der Waals surface area contributed by atoms with Gasteiger partial charge in [-0.2, -0.15) is 4.98 Å². The van der Waals surface area contributed by atoms with E-state index in [1.165, 1.54) is 12.0 Å². The first kappa shape index (κ1) is 49.1. The normalized spacial score (nSPS) is 18.1. The zero-order chi connectivity index (χ0) is 46.5. The summed E-state index contributed by atoms with van der Waals surface area (Å²) in [5.74, 6) is -0.617. The molecule has 3 aromatic heterocycles. The van der Waals surface area contributed by atoms with Crippen LogP contribution in [0.5, 0.6) is 6.01 Å². The number of thiazole rings is 1. The van der Waals surface area contributed by atoms with Crippen LogP contribution in [0.3, 0.4) is 0 Å². The number of methoxy groups -OCH3 is 1. The number of nitrogens with zero attached hydrogens (tertiary/aromatic N) is 6. The molecular weight excluding hydrogens is 857 g/mol. The number of aromatic nitrogens is 4. The number of benzene rings is 1. The van der Waals surface area contributed by atoms with E-state index in [2.05, 4.69) is 30.7 Å². The third kappa shape index (κ3) is 13.6. The number of aryl methyl sites for hydroxylation is 2. The van der Waals surface area contributed by atoms with Crippen LogP contribution in [0.25, 0.3) is 21.8 Å². The highest BCUT2D eigenvalue weighted by molar-refractivity contribution is 7.13. The maximum Gasteiger partial charge on any atom is 0.316 e.